The van der Waals surface area contributed by atoms with E-state index >= 15 is 0 Å². The largest absolute Gasteiger partial charge is 0.488 e. The van der Waals surface area contributed by atoms with Crippen molar-refractivity contribution >= 4 is 6.08 Å². The van der Waals surface area contributed by atoms with Crippen molar-refractivity contribution in [3.63, 3.8) is 0 Å². The Morgan fingerprint density at radius 2 is 1.94 bits per heavy atom. The van der Waals surface area contributed by atoms with Crippen LogP contribution >= 0.6 is 0 Å². The maximum Gasteiger partial charge on any atom is 0.127 e. The first-order chi connectivity index (χ1) is 7.92. The van der Waals surface area contributed by atoms with Crippen LogP contribution in [0.25, 0.3) is 6.08 Å². The summed E-state index contributed by atoms with van der Waals surface area (Å²) in [5.41, 5.74) is 0.880. The van der Waals surface area contributed by atoms with Crippen molar-refractivity contribution in [2.24, 2.45) is 0 Å². The molecule has 0 aromatic heterocycles. The monoisotopic (exact) mass is 234 g/mol. The minimum absolute atomic E-state index is 0.0234. The first-order valence-corrected chi connectivity index (χ1v) is 5.94. The lowest BCUT2D eigenvalue weighted by Gasteiger charge is -2.23. The minimum atomic E-state index is -0.129. The Labute approximate surface area is 104 Å². The molecule has 0 heterocycles. The zero-order chi connectivity index (χ0) is 12.9. The van der Waals surface area contributed by atoms with Crippen LogP contribution in [-0.4, -0.2) is 18.3 Å². The highest BCUT2D eigenvalue weighted by molar-refractivity contribution is 5.55. The van der Waals surface area contributed by atoms with Crippen molar-refractivity contribution in [3.8, 4) is 5.75 Å². The Morgan fingerprint density at radius 1 is 1.29 bits per heavy atom. The van der Waals surface area contributed by atoms with Crippen molar-refractivity contribution in [2.75, 3.05) is 6.61 Å². The van der Waals surface area contributed by atoms with E-state index in [1.54, 1.807) is 6.08 Å². The quantitative estimate of drug-likeness (QED) is 0.769. The van der Waals surface area contributed by atoms with Gasteiger partial charge in [-0.25, -0.2) is 0 Å². The first kappa shape index (κ1) is 13.8. The van der Waals surface area contributed by atoms with Crippen LogP contribution in [0.1, 0.15) is 33.3 Å². The van der Waals surface area contributed by atoms with Gasteiger partial charge in [0.15, 0.2) is 0 Å². The Kier molecular flexibility index (Phi) is 4.76. The molecule has 1 aromatic rings. The Bertz CT molecular complexity index is 363. The standard InChI is InChI=1S/C15H22O2/c1-6-13-9-7-8-10-14(13)17-12(2)11-16-15(3,4)5/h6-10,12H,1,11H2,2-5H3. The molecular weight excluding hydrogens is 212 g/mol. The van der Waals surface area contributed by atoms with E-state index in [0.29, 0.717) is 6.61 Å². The molecule has 0 saturated heterocycles. The molecule has 2 heteroatoms. The summed E-state index contributed by atoms with van der Waals surface area (Å²) >= 11 is 0. The zero-order valence-corrected chi connectivity index (χ0v) is 11.2. The molecule has 0 amide bonds. The van der Waals surface area contributed by atoms with Crippen LogP contribution in [-0.2, 0) is 4.74 Å². The summed E-state index contributed by atoms with van der Waals surface area (Å²) in [6, 6.07) is 7.87. The highest BCUT2D eigenvalue weighted by atomic mass is 16.5. The van der Waals surface area contributed by atoms with Crippen LogP contribution in [0, 0.1) is 0 Å². The van der Waals surface area contributed by atoms with Gasteiger partial charge in [0.05, 0.1) is 12.2 Å². The van der Waals surface area contributed by atoms with Gasteiger partial charge in [-0.15, -0.1) is 0 Å². The molecule has 0 aliphatic heterocycles. The fraction of sp³-hybridized carbons (Fsp3) is 0.467. The van der Waals surface area contributed by atoms with Gasteiger partial charge in [-0.2, -0.15) is 0 Å². The molecule has 17 heavy (non-hydrogen) atoms. The summed E-state index contributed by atoms with van der Waals surface area (Å²) in [7, 11) is 0. The number of para-hydroxylation sites is 1. The molecule has 0 N–H and O–H groups in total. The van der Waals surface area contributed by atoms with Crippen LogP contribution in [0.4, 0.5) is 0 Å². The highest BCUT2D eigenvalue weighted by Gasteiger charge is 2.13. The minimum Gasteiger partial charge on any atom is -0.488 e. The Hall–Kier alpha value is -1.28. The lowest BCUT2D eigenvalue weighted by molar-refractivity contribution is -0.0374. The molecule has 94 valence electrons. The molecule has 0 aliphatic carbocycles. The summed E-state index contributed by atoms with van der Waals surface area (Å²) < 4.78 is 11.5. The third kappa shape index (κ3) is 5.05. The van der Waals surface area contributed by atoms with E-state index in [2.05, 4.69) is 6.58 Å². The van der Waals surface area contributed by atoms with Gasteiger partial charge >= 0.3 is 0 Å². The van der Waals surface area contributed by atoms with Crippen LogP contribution in [0.2, 0.25) is 0 Å². The number of hydrogen-bond donors (Lipinski definition) is 0. The maximum atomic E-state index is 5.84. The second-order valence-electron chi connectivity index (χ2n) is 5.09. The van der Waals surface area contributed by atoms with Crippen molar-refractivity contribution in [2.45, 2.75) is 39.4 Å². The average molecular weight is 234 g/mol. The van der Waals surface area contributed by atoms with E-state index in [-0.39, 0.29) is 11.7 Å². The molecule has 0 fully saturated rings. The summed E-state index contributed by atoms with van der Waals surface area (Å²) in [6.45, 7) is 12.5. The van der Waals surface area contributed by atoms with E-state index in [4.69, 9.17) is 9.47 Å². The van der Waals surface area contributed by atoms with Gasteiger partial charge in [-0.3, -0.25) is 0 Å². The third-order valence-corrected chi connectivity index (χ3v) is 2.22. The maximum absolute atomic E-state index is 5.84. The Morgan fingerprint density at radius 3 is 2.53 bits per heavy atom. The van der Waals surface area contributed by atoms with E-state index < -0.39 is 0 Å². The Balaban J connectivity index is 2.56. The predicted molar refractivity (Wildman–Crippen MR) is 72.3 cm³/mol. The summed E-state index contributed by atoms with van der Waals surface area (Å²) in [4.78, 5) is 0. The van der Waals surface area contributed by atoms with E-state index in [1.165, 1.54) is 0 Å². The summed E-state index contributed by atoms with van der Waals surface area (Å²) in [5, 5.41) is 0. The van der Waals surface area contributed by atoms with Gasteiger partial charge in [-0.05, 0) is 33.8 Å². The topological polar surface area (TPSA) is 18.5 Å². The van der Waals surface area contributed by atoms with Gasteiger partial charge in [0.25, 0.3) is 0 Å². The fourth-order valence-corrected chi connectivity index (χ4v) is 1.37. The van der Waals surface area contributed by atoms with E-state index in [1.807, 2.05) is 52.0 Å². The number of hydrogen-bond acceptors (Lipinski definition) is 2. The second-order valence-corrected chi connectivity index (χ2v) is 5.09. The third-order valence-electron chi connectivity index (χ3n) is 2.22. The molecule has 1 unspecified atom stereocenters. The van der Waals surface area contributed by atoms with E-state index in [0.717, 1.165) is 11.3 Å². The lowest BCUT2D eigenvalue weighted by atomic mass is 10.2. The van der Waals surface area contributed by atoms with Crippen molar-refractivity contribution in [3.05, 3.63) is 36.4 Å². The van der Waals surface area contributed by atoms with Crippen molar-refractivity contribution < 1.29 is 9.47 Å². The van der Waals surface area contributed by atoms with Gasteiger partial charge in [0.1, 0.15) is 11.9 Å². The van der Waals surface area contributed by atoms with Gasteiger partial charge in [0, 0.05) is 5.56 Å². The zero-order valence-electron chi connectivity index (χ0n) is 11.2. The van der Waals surface area contributed by atoms with Crippen LogP contribution in [0.3, 0.4) is 0 Å². The number of ether oxygens (including phenoxy) is 2. The molecule has 0 saturated carbocycles. The van der Waals surface area contributed by atoms with Crippen molar-refractivity contribution in [1.82, 2.24) is 0 Å². The lowest BCUT2D eigenvalue weighted by Crippen LogP contribution is -2.27. The molecule has 0 spiro atoms. The van der Waals surface area contributed by atoms with Crippen molar-refractivity contribution in [1.29, 1.82) is 0 Å². The molecule has 1 rings (SSSR count). The van der Waals surface area contributed by atoms with Gasteiger partial charge < -0.3 is 9.47 Å². The molecule has 0 aliphatic rings. The van der Waals surface area contributed by atoms with Crippen LogP contribution in [0.15, 0.2) is 30.8 Å². The summed E-state index contributed by atoms with van der Waals surface area (Å²) in [5.74, 6) is 0.854. The van der Waals surface area contributed by atoms with Crippen LogP contribution in [0.5, 0.6) is 5.75 Å². The van der Waals surface area contributed by atoms with Crippen LogP contribution < -0.4 is 4.74 Å². The molecule has 1 aromatic carbocycles. The average Bonchev–Trinajstić information content (AvgIpc) is 2.26. The predicted octanol–water partition coefficient (Wildman–Crippen LogP) is 3.91. The number of rotatable bonds is 5. The SMILES string of the molecule is C=Cc1ccccc1OC(C)COC(C)(C)C. The second kappa shape index (κ2) is 5.87. The smallest absolute Gasteiger partial charge is 0.127 e. The molecule has 1 atom stereocenters. The number of benzene rings is 1. The highest BCUT2D eigenvalue weighted by Crippen LogP contribution is 2.20. The molecular formula is C15H22O2. The molecule has 2 nitrogen and oxygen atoms in total. The van der Waals surface area contributed by atoms with Gasteiger partial charge in [0.2, 0.25) is 0 Å². The van der Waals surface area contributed by atoms with E-state index in [9.17, 15) is 0 Å². The summed E-state index contributed by atoms with van der Waals surface area (Å²) in [6.07, 6.45) is 1.82. The normalized spacial score (nSPS) is 13.2. The fourth-order valence-electron chi connectivity index (χ4n) is 1.37. The first-order valence-electron chi connectivity index (χ1n) is 5.94. The molecule has 0 radical (unpaired) electrons. The van der Waals surface area contributed by atoms with Gasteiger partial charge in [-0.1, -0.05) is 30.9 Å². The molecule has 0 bridgehead atoms.